The van der Waals surface area contributed by atoms with E-state index in [9.17, 15) is 10.1 Å². The van der Waals surface area contributed by atoms with Crippen molar-refractivity contribution < 1.29 is 28.3 Å². The number of carbonyl (C=O) groups is 1. The number of hydrogen-bond acceptors (Lipinski definition) is 9. The highest BCUT2D eigenvalue weighted by Crippen LogP contribution is 2.33. The summed E-state index contributed by atoms with van der Waals surface area (Å²) in [5, 5.41) is 13.6. The van der Waals surface area contributed by atoms with Gasteiger partial charge in [-0.05, 0) is 50.1 Å². The maximum Gasteiger partial charge on any atom is 0.338 e. The normalized spacial score (nSPS) is 17.7. The number of ether oxygens (including phenoxy) is 4. The van der Waals surface area contributed by atoms with E-state index in [-0.39, 0.29) is 12.9 Å². The van der Waals surface area contributed by atoms with Gasteiger partial charge < -0.3 is 23.5 Å². The Labute approximate surface area is 190 Å². The van der Waals surface area contributed by atoms with E-state index in [4.69, 9.17) is 23.5 Å². The largest absolute Gasteiger partial charge is 0.490 e. The van der Waals surface area contributed by atoms with Gasteiger partial charge in [-0.2, -0.15) is 10.2 Å². The Morgan fingerprint density at radius 2 is 2.03 bits per heavy atom. The van der Waals surface area contributed by atoms with Crippen LogP contribution in [0.15, 0.2) is 40.9 Å². The molecule has 9 nitrogen and oxygen atoms in total. The van der Waals surface area contributed by atoms with Crippen LogP contribution in [0, 0.1) is 18.3 Å². The summed E-state index contributed by atoms with van der Waals surface area (Å²) in [5.41, 5.74) is 3.43. The maximum absolute atomic E-state index is 11.9. The average molecular weight is 449 g/mol. The zero-order chi connectivity index (χ0) is 23.5. The van der Waals surface area contributed by atoms with Gasteiger partial charge >= 0.3 is 5.97 Å². The lowest BCUT2D eigenvalue weighted by Gasteiger charge is -2.16. The van der Waals surface area contributed by atoms with Crippen molar-refractivity contribution in [1.29, 1.82) is 5.26 Å². The summed E-state index contributed by atoms with van der Waals surface area (Å²) in [5.74, 6) is 0.719. The van der Waals surface area contributed by atoms with Crippen LogP contribution in [0.3, 0.4) is 0 Å². The van der Waals surface area contributed by atoms with Gasteiger partial charge in [-0.25, -0.2) is 4.79 Å². The summed E-state index contributed by atoms with van der Waals surface area (Å²) in [4.78, 5) is 16.4. The van der Waals surface area contributed by atoms with Crippen LogP contribution < -0.4 is 4.74 Å². The fourth-order valence-electron chi connectivity index (χ4n) is 3.61. The third kappa shape index (κ3) is 4.58. The van der Waals surface area contributed by atoms with Crippen LogP contribution in [0.5, 0.6) is 5.75 Å². The van der Waals surface area contributed by atoms with Gasteiger partial charge in [0.25, 0.3) is 5.89 Å². The molecule has 1 saturated heterocycles. The monoisotopic (exact) mass is 449 g/mol. The van der Waals surface area contributed by atoms with Crippen molar-refractivity contribution in [3.05, 3.63) is 53.1 Å². The van der Waals surface area contributed by atoms with Crippen molar-refractivity contribution in [2.24, 2.45) is 0 Å². The fourth-order valence-corrected chi connectivity index (χ4v) is 3.61. The first-order valence-electron chi connectivity index (χ1n) is 10.4. The summed E-state index contributed by atoms with van der Waals surface area (Å²) in [6.07, 6.45) is -1.41. The zero-order valence-electron chi connectivity index (χ0n) is 18.7. The molecule has 0 aliphatic carbocycles. The summed E-state index contributed by atoms with van der Waals surface area (Å²) in [6.45, 7) is 5.72. The summed E-state index contributed by atoms with van der Waals surface area (Å²) in [6, 6.07) is 12.9. The molecule has 33 heavy (non-hydrogen) atoms. The van der Waals surface area contributed by atoms with Crippen LogP contribution in [0.25, 0.3) is 22.8 Å². The van der Waals surface area contributed by atoms with Gasteiger partial charge in [0.1, 0.15) is 24.7 Å². The van der Waals surface area contributed by atoms with Gasteiger partial charge in [0.2, 0.25) is 5.82 Å². The summed E-state index contributed by atoms with van der Waals surface area (Å²) < 4.78 is 26.9. The number of carbonyl (C=O) groups excluding carboxylic acids is 1. The highest BCUT2D eigenvalue weighted by molar-refractivity contribution is 5.76. The second kappa shape index (κ2) is 9.40. The lowest BCUT2D eigenvalue weighted by molar-refractivity contribution is -0.151. The fraction of sp³-hybridized carbons (Fsp3) is 0.333. The lowest BCUT2D eigenvalue weighted by atomic mass is 9.98. The Kier molecular flexibility index (Phi) is 6.40. The molecular formula is C24H23N3O6. The first kappa shape index (κ1) is 22.5. The van der Waals surface area contributed by atoms with Gasteiger partial charge in [0, 0.05) is 11.1 Å². The van der Waals surface area contributed by atoms with Gasteiger partial charge in [-0.1, -0.05) is 23.4 Å². The molecule has 0 radical (unpaired) electrons. The number of benzene rings is 2. The van der Waals surface area contributed by atoms with Crippen molar-refractivity contribution >= 4 is 5.97 Å². The van der Waals surface area contributed by atoms with Crippen LogP contribution in [-0.2, 0) is 19.0 Å². The molecule has 1 aliphatic rings. The molecule has 0 amide bonds. The molecule has 2 atom stereocenters. The number of nitriles is 1. The van der Waals surface area contributed by atoms with Gasteiger partial charge in [0.05, 0.1) is 18.8 Å². The highest BCUT2D eigenvalue weighted by Gasteiger charge is 2.37. The molecule has 1 aliphatic heterocycles. The van der Waals surface area contributed by atoms with E-state index in [1.807, 2.05) is 39.0 Å². The molecule has 3 aromatic rings. The number of aromatic nitrogens is 2. The second-order valence-corrected chi connectivity index (χ2v) is 7.80. The molecule has 2 aromatic carbocycles. The van der Waals surface area contributed by atoms with Gasteiger partial charge in [-0.3, -0.25) is 0 Å². The Morgan fingerprint density at radius 3 is 2.73 bits per heavy atom. The van der Waals surface area contributed by atoms with Crippen LogP contribution in [0.2, 0.25) is 0 Å². The molecule has 2 heterocycles. The van der Waals surface area contributed by atoms with Gasteiger partial charge in [0.15, 0.2) is 6.10 Å². The molecule has 170 valence electrons. The molecule has 0 N–H and O–H groups in total. The van der Waals surface area contributed by atoms with Crippen LogP contribution >= 0.6 is 0 Å². The molecule has 4 rings (SSSR count). The topological polar surface area (TPSA) is 117 Å². The predicted molar refractivity (Wildman–Crippen MR) is 116 cm³/mol. The Hall–Kier alpha value is -3.74. The van der Waals surface area contributed by atoms with E-state index in [2.05, 4.69) is 16.2 Å². The predicted octanol–water partition coefficient (Wildman–Crippen LogP) is 3.96. The minimum absolute atomic E-state index is 0.0190. The van der Waals surface area contributed by atoms with Crippen molar-refractivity contribution in [3.63, 3.8) is 0 Å². The molecule has 0 bridgehead atoms. The molecule has 1 fully saturated rings. The standard InChI is InChI=1S/C24H23N3O6/c1-13(2)32-19-8-6-16(10-17(19)11-25)23-26-22(27-33-23)18-7-5-15(9-14(18)3)20-21(24(28)29-4)31-12-30-20/h5-10,13,20-21H,12H2,1-4H3/t20-,21-/m0/s1. The van der Waals surface area contributed by atoms with E-state index in [1.165, 1.54) is 7.11 Å². The lowest BCUT2D eigenvalue weighted by Crippen LogP contribution is -2.27. The third-order valence-electron chi connectivity index (χ3n) is 5.16. The number of hydrogen-bond donors (Lipinski definition) is 0. The zero-order valence-corrected chi connectivity index (χ0v) is 18.7. The van der Waals surface area contributed by atoms with E-state index in [0.29, 0.717) is 28.6 Å². The summed E-state index contributed by atoms with van der Waals surface area (Å²) >= 11 is 0. The molecule has 0 spiro atoms. The minimum atomic E-state index is -0.811. The SMILES string of the molecule is COC(=O)[C@H]1OCO[C@H]1c1ccc(-c2noc(-c3ccc(OC(C)C)c(C#N)c3)n2)c(C)c1. The van der Waals surface area contributed by atoms with E-state index >= 15 is 0 Å². The second-order valence-electron chi connectivity index (χ2n) is 7.80. The van der Waals surface area contributed by atoms with Crippen molar-refractivity contribution in [1.82, 2.24) is 10.1 Å². The minimum Gasteiger partial charge on any atom is -0.490 e. The number of nitrogens with zero attached hydrogens (tertiary/aromatic N) is 3. The Bertz CT molecular complexity index is 1210. The summed E-state index contributed by atoms with van der Waals surface area (Å²) in [7, 11) is 1.31. The first-order valence-corrected chi connectivity index (χ1v) is 10.4. The van der Waals surface area contributed by atoms with Crippen molar-refractivity contribution in [3.8, 4) is 34.7 Å². The Morgan fingerprint density at radius 1 is 1.21 bits per heavy atom. The molecular weight excluding hydrogens is 426 g/mol. The number of esters is 1. The van der Waals surface area contributed by atoms with E-state index in [0.717, 1.165) is 16.7 Å². The third-order valence-corrected chi connectivity index (χ3v) is 5.16. The smallest absolute Gasteiger partial charge is 0.338 e. The molecule has 9 heteroatoms. The van der Waals surface area contributed by atoms with E-state index in [1.54, 1.807) is 18.2 Å². The van der Waals surface area contributed by atoms with Crippen LogP contribution in [0.4, 0.5) is 0 Å². The van der Waals surface area contributed by atoms with Gasteiger partial charge in [-0.15, -0.1) is 0 Å². The van der Waals surface area contributed by atoms with Crippen LogP contribution in [-0.4, -0.2) is 42.2 Å². The molecule has 0 unspecified atom stereocenters. The quantitative estimate of drug-likeness (QED) is 0.515. The van der Waals surface area contributed by atoms with Crippen LogP contribution in [0.1, 0.15) is 36.6 Å². The highest BCUT2D eigenvalue weighted by atomic mass is 16.7. The van der Waals surface area contributed by atoms with Crippen molar-refractivity contribution in [2.75, 3.05) is 13.9 Å². The molecule has 0 saturated carbocycles. The number of rotatable bonds is 6. The Balaban J connectivity index is 1.59. The average Bonchev–Trinajstić information content (AvgIpc) is 3.48. The number of aryl methyl sites for hydroxylation is 1. The maximum atomic E-state index is 11.9. The van der Waals surface area contributed by atoms with E-state index < -0.39 is 18.2 Å². The molecule has 1 aromatic heterocycles. The first-order chi connectivity index (χ1) is 15.9. The van der Waals surface area contributed by atoms with Crippen molar-refractivity contribution in [2.45, 2.75) is 39.1 Å². The number of methoxy groups -OCH3 is 1.